The summed E-state index contributed by atoms with van der Waals surface area (Å²) in [4.78, 5) is 0. The molecule has 0 unspecified atom stereocenters. The fourth-order valence-electron chi connectivity index (χ4n) is 0.756. The predicted octanol–water partition coefficient (Wildman–Crippen LogP) is -0.554. The molecular weight excluding hydrogens is 139 g/mol. The van der Waals surface area contributed by atoms with E-state index >= 15 is 0 Å². The lowest BCUT2D eigenvalue weighted by atomic mass is 9.87. The molecule has 0 atom stereocenters. The number of anilines is 1. The van der Waals surface area contributed by atoms with Gasteiger partial charge in [0.25, 0.3) is 0 Å². The Bertz CT molecular complexity index is 229. The van der Waals surface area contributed by atoms with Gasteiger partial charge in [-0.1, -0.05) is 18.2 Å². The molecule has 1 aromatic rings. The number of benzene rings is 1. The Kier molecular flexibility index (Phi) is 2.95. The average Bonchev–Trinajstić information content (AvgIpc) is 2.03. The summed E-state index contributed by atoms with van der Waals surface area (Å²) in [5.74, 6) is 0. The summed E-state index contributed by atoms with van der Waals surface area (Å²) in [6, 6.07) is 7.44. The molecule has 11 heavy (non-hydrogen) atoms. The molecule has 0 aliphatic carbocycles. The van der Waals surface area contributed by atoms with Gasteiger partial charge < -0.3 is 16.1 Å². The number of para-hydroxylation sites is 1. The third kappa shape index (κ3) is 2.25. The van der Waals surface area contributed by atoms with Crippen LogP contribution >= 0.6 is 0 Å². The summed E-state index contributed by atoms with van der Waals surface area (Å²) in [6.07, 6.45) is 0. The van der Waals surface area contributed by atoms with E-state index in [0.717, 1.165) is 5.46 Å². The molecule has 0 aromatic heterocycles. The zero-order valence-corrected chi connectivity index (χ0v) is 6.16. The Morgan fingerprint density at radius 1 is 1.36 bits per heavy atom. The molecule has 0 aliphatic heterocycles. The van der Waals surface area contributed by atoms with E-state index in [9.17, 15) is 0 Å². The molecule has 0 aliphatic rings. The van der Waals surface area contributed by atoms with Gasteiger partial charge in [-0.2, -0.15) is 0 Å². The molecule has 0 spiro atoms. The quantitative estimate of drug-likeness (QED) is 0.344. The Balaban J connectivity index is 2.62. The summed E-state index contributed by atoms with van der Waals surface area (Å²) in [5.41, 5.74) is 12.3. The van der Waals surface area contributed by atoms with E-state index in [1.165, 1.54) is 0 Å². The van der Waals surface area contributed by atoms with Crippen LogP contribution in [0.4, 0.5) is 5.69 Å². The second kappa shape index (κ2) is 4.00. The highest BCUT2D eigenvalue weighted by Crippen LogP contribution is 1.94. The Labute approximate surface area is 66.6 Å². The minimum atomic E-state index is 0.175. The Hall–Kier alpha value is -0.995. The molecule has 1 rings (SSSR count). The summed E-state index contributed by atoms with van der Waals surface area (Å²) in [5, 5.41) is 0. The summed E-state index contributed by atoms with van der Waals surface area (Å²) < 4.78 is 4.87. The summed E-state index contributed by atoms with van der Waals surface area (Å²) in [6.45, 7) is 0.175. The molecule has 57 valence electrons. The first-order valence-electron chi connectivity index (χ1n) is 3.34. The minimum absolute atomic E-state index is 0.175. The molecule has 0 fully saturated rings. The lowest BCUT2D eigenvalue weighted by Crippen LogP contribution is -2.23. The van der Waals surface area contributed by atoms with Crippen LogP contribution in [0.15, 0.2) is 24.3 Å². The van der Waals surface area contributed by atoms with Crippen LogP contribution in [-0.4, -0.2) is 14.2 Å². The average molecular weight is 149 g/mol. The highest BCUT2D eigenvalue weighted by Gasteiger charge is 1.98. The normalized spacial score (nSPS) is 9.55. The van der Waals surface area contributed by atoms with Crippen molar-refractivity contribution in [1.29, 1.82) is 0 Å². The Morgan fingerprint density at radius 3 is 2.73 bits per heavy atom. The van der Waals surface area contributed by atoms with Gasteiger partial charge in [0, 0.05) is 5.69 Å². The third-order valence-electron chi connectivity index (χ3n) is 1.30. The maximum atomic E-state index is 5.61. The van der Waals surface area contributed by atoms with Gasteiger partial charge >= 0.3 is 7.48 Å². The van der Waals surface area contributed by atoms with Crippen molar-refractivity contribution in [2.75, 3.05) is 12.5 Å². The second-order valence-corrected chi connectivity index (χ2v) is 2.08. The van der Waals surface area contributed by atoms with Gasteiger partial charge in [0.15, 0.2) is 0 Å². The van der Waals surface area contributed by atoms with Gasteiger partial charge in [-0.05, 0) is 11.5 Å². The predicted molar refractivity (Wildman–Crippen MR) is 46.4 cm³/mol. The third-order valence-corrected chi connectivity index (χ3v) is 1.30. The summed E-state index contributed by atoms with van der Waals surface area (Å²) in [7, 11) is 1.55. The lowest BCUT2D eigenvalue weighted by molar-refractivity contribution is 0.355. The molecule has 0 saturated heterocycles. The first-order valence-corrected chi connectivity index (χ1v) is 3.34. The highest BCUT2D eigenvalue weighted by atomic mass is 16.4. The molecule has 0 amide bonds. The van der Waals surface area contributed by atoms with E-state index in [-0.39, 0.29) is 6.73 Å². The maximum Gasteiger partial charge on any atom is 0.333 e. The smallest absolute Gasteiger partial charge is 0.333 e. The highest BCUT2D eigenvalue weighted by molar-refractivity contribution is 6.49. The van der Waals surface area contributed by atoms with Gasteiger partial charge in [0.1, 0.15) is 0 Å². The number of rotatable bonds is 3. The van der Waals surface area contributed by atoms with Crippen LogP contribution in [0.2, 0.25) is 0 Å². The van der Waals surface area contributed by atoms with E-state index in [4.69, 9.17) is 16.1 Å². The molecule has 4 N–H and O–H groups in total. The van der Waals surface area contributed by atoms with Gasteiger partial charge in [0.05, 0.1) is 6.73 Å². The topological polar surface area (TPSA) is 61.3 Å². The largest absolute Gasteiger partial charge is 0.422 e. The van der Waals surface area contributed by atoms with Crippen LogP contribution in [0, 0.1) is 0 Å². The van der Waals surface area contributed by atoms with Crippen LogP contribution in [0.1, 0.15) is 0 Å². The van der Waals surface area contributed by atoms with Gasteiger partial charge in [0.2, 0.25) is 0 Å². The maximum absolute atomic E-state index is 5.61. The number of hydrogen-bond donors (Lipinski definition) is 2. The van der Waals surface area contributed by atoms with Crippen LogP contribution in [-0.2, 0) is 4.65 Å². The first kappa shape index (κ1) is 8.10. The van der Waals surface area contributed by atoms with Crippen molar-refractivity contribution in [2.45, 2.75) is 0 Å². The molecule has 4 heteroatoms. The molecule has 0 bridgehead atoms. The zero-order valence-electron chi connectivity index (χ0n) is 6.16. The van der Waals surface area contributed by atoms with Crippen molar-refractivity contribution in [1.82, 2.24) is 0 Å². The second-order valence-electron chi connectivity index (χ2n) is 2.08. The molecule has 3 nitrogen and oxygen atoms in total. The molecule has 0 saturated carbocycles. The molecule has 1 radical (unpaired) electrons. The van der Waals surface area contributed by atoms with Gasteiger partial charge in [-0.3, -0.25) is 0 Å². The Morgan fingerprint density at radius 2 is 2.09 bits per heavy atom. The van der Waals surface area contributed by atoms with Crippen molar-refractivity contribution >= 4 is 18.6 Å². The molecule has 1 aromatic carbocycles. The molecular formula is C7H10BN2O. The van der Waals surface area contributed by atoms with E-state index < -0.39 is 0 Å². The van der Waals surface area contributed by atoms with Gasteiger partial charge in [-0.15, -0.1) is 0 Å². The van der Waals surface area contributed by atoms with Crippen LogP contribution < -0.4 is 16.9 Å². The van der Waals surface area contributed by atoms with Crippen LogP contribution in [0.5, 0.6) is 0 Å². The van der Waals surface area contributed by atoms with Crippen molar-refractivity contribution < 1.29 is 4.65 Å². The first-order chi connectivity index (χ1) is 5.34. The monoisotopic (exact) mass is 149 g/mol. The standard InChI is InChI=1S/C7H10BN2O/c9-5-11-8-6-3-1-2-4-7(6)10/h1-4H,5,9-10H2. The number of nitrogens with two attached hydrogens (primary N) is 2. The van der Waals surface area contributed by atoms with Crippen molar-refractivity contribution in [3.05, 3.63) is 24.3 Å². The minimum Gasteiger partial charge on any atom is -0.422 e. The van der Waals surface area contributed by atoms with Crippen LogP contribution in [0.3, 0.4) is 0 Å². The zero-order chi connectivity index (χ0) is 8.10. The molecule has 0 heterocycles. The fraction of sp³-hybridized carbons (Fsp3) is 0.143. The van der Waals surface area contributed by atoms with Crippen LogP contribution in [0.25, 0.3) is 0 Å². The fourth-order valence-corrected chi connectivity index (χ4v) is 0.756. The van der Waals surface area contributed by atoms with E-state index in [0.29, 0.717) is 5.69 Å². The van der Waals surface area contributed by atoms with E-state index in [1.807, 2.05) is 24.3 Å². The SMILES string of the molecule is NCO[B]c1ccccc1N. The summed E-state index contributed by atoms with van der Waals surface area (Å²) >= 11 is 0. The lowest BCUT2D eigenvalue weighted by Gasteiger charge is -2.01. The van der Waals surface area contributed by atoms with Crippen molar-refractivity contribution in [3.63, 3.8) is 0 Å². The van der Waals surface area contributed by atoms with E-state index in [1.54, 1.807) is 7.48 Å². The van der Waals surface area contributed by atoms with Crippen molar-refractivity contribution in [2.24, 2.45) is 5.73 Å². The number of nitrogen functional groups attached to an aromatic ring is 1. The van der Waals surface area contributed by atoms with Crippen molar-refractivity contribution in [3.8, 4) is 0 Å². The van der Waals surface area contributed by atoms with E-state index in [2.05, 4.69) is 0 Å². The number of hydrogen-bond acceptors (Lipinski definition) is 3. The van der Waals surface area contributed by atoms with Gasteiger partial charge in [-0.25, -0.2) is 0 Å².